The molecule has 2 fully saturated rings. The average Bonchev–Trinajstić information content (AvgIpc) is 2.97. The smallest absolute Gasteiger partial charge is 0.0284 e. The highest BCUT2D eigenvalue weighted by atomic mass is 32.2. The minimum Gasteiger partial charge on any atom is -0.314 e. The van der Waals surface area contributed by atoms with Crippen molar-refractivity contribution in [2.24, 2.45) is 5.92 Å². The number of hydrogen-bond acceptors (Lipinski definition) is 3. The fourth-order valence-corrected chi connectivity index (χ4v) is 4.49. The normalized spacial score (nSPS) is 28.3. The molecule has 0 radical (unpaired) electrons. The predicted molar refractivity (Wildman–Crippen MR) is 82.4 cm³/mol. The Morgan fingerprint density at radius 2 is 2.06 bits per heavy atom. The molecule has 2 nitrogen and oxygen atoms in total. The summed E-state index contributed by atoms with van der Waals surface area (Å²) >= 11 is 2.13. The molecule has 0 spiro atoms. The van der Waals surface area contributed by atoms with Crippen molar-refractivity contribution in [1.82, 2.24) is 10.2 Å². The van der Waals surface area contributed by atoms with Gasteiger partial charge in [0.1, 0.15) is 0 Å². The lowest BCUT2D eigenvalue weighted by atomic mass is 10.1. The largest absolute Gasteiger partial charge is 0.314 e. The van der Waals surface area contributed by atoms with Gasteiger partial charge in [-0.2, -0.15) is 11.8 Å². The molecular weight excluding hydrogens is 240 g/mol. The fourth-order valence-electron chi connectivity index (χ4n) is 3.48. The zero-order valence-corrected chi connectivity index (χ0v) is 13.2. The molecule has 18 heavy (non-hydrogen) atoms. The van der Waals surface area contributed by atoms with Gasteiger partial charge in [-0.25, -0.2) is 0 Å². The molecule has 106 valence electrons. The lowest BCUT2D eigenvalue weighted by Gasteiger charge is -2.32. The van der Waals surface area contributed by atoms with Crippen molar-refractivity contribution in [3.8, 4) is 0 Å². The molecule has 1 atom stereocenters. The van der Waals surface area contributed by atoms with E-state index in [0.717, 1.165) is 5.92 Å². The van der Waals surface area contributed by atoms with Gasteiger partial charge in [-0.15, -0.1) is 0 Å². The standard InChI is InChI=1S/C15H30N2S/c1-13(2)16-10-14-6-9-17(11-14)12-15(18-3)7-4-5-8-15/h13-14,16H,4-12H2,1-3H3. The second-order valence-corrected chi connectivity index (χ2v) is 7.82. The summed E-state index contributed by atoms with van der Waals surface area (Å²) in [5.41, 5.74) is 0. The van der Waals surface area contributed by atoms with Crippen LogP contribution >= 0.6 is 11.8 Å². The quantitative estimate of drug-likeness (QED) is 0.799. The molecular formula is C15H30N2S. The maximum atomic E-state index is 3.59. The van der Waals surface area contributed by atoms with E-state index < -0.39 is 0 Å². The molecule has 2 rings (SSSR count). The van der Waals surface area contributed by atoms with Gasteiger partial charge in [-0.1, -0.05) is 26.7 Å². The fraction of sp³-hybridized carbons (Fsp3) is 1.00. The zero-order valence-electron chi connectivity index (χ0n) is 12.4. The number of rotatable bonds is 6. The first-order valence-corrected chi connectivity index (χ1v) is 8.87. The number of nitrogens with one attached hydrogen (secondary N) is 1. The van der Waals surface area contributed by atoms with Crippen LogP contribution < -0.4 is 5.32 Å². The molecule has 1 saturated carbocycles. The topological polar surface area (TPSA) is 15.3 Å². The summed E-state index contributed by atoms with van der Waals surface area (Å²) in [4.78, 5) is 2.73. The summed E-state index contributed by atoms with van der Waals surface area (Å²) in [6.07, 6.45) is 9.50. The Kier molecular flexibility index (Phi) is 5.40. The Labute approximate surface area is 117 Å². The second-order valence-electron chi connectivity index (χ2n) is 6.55. The third kappa shape index (κ3) is 3.88. The Bertz CT molecular complexity index is 249. The van der Waals surface area contributed by atoms with Crippen LogP contribution in [0.15, 0.2) is 0 Å². The van der Waals surface area contributed by atoms with Crippen LogP contribution in [-0.2, 0) is 0 Å². The van der Waals surface area contributed by atoms with E-state index in [1.54, 1.807) is 0 Å². The summed E-state index contributed by atoms with van der Waals surface area (Å²) in [6.45, 7) is 9.68. The summed E-state index contributed by atoms with van der Waals surface area (Å²) in [6, 6.07) is 0.631. The molecule has 0 aromatic rings. The number of nitrogens with zero attached hydrogens (tertiary/aromatic N) is 1. The van der Waals surface area contributed by atoms with Crippen LogP contribution in [-0.4, -0.2) is 48.1 Å². The summed E-state index contributed by atoms with van der Waals surface area (Å²) in [5.74, 6) is 0.882. The highest BCUT2D eigenvalue weighted by Crippen LogP contribution is 2.41. The summed E-state index contributed by atoms with van der Waals surface area (Å²) in [5, 5.41) is 3.59. The Morgan fingerprint density at radius 1 is 1.33 bits per heavy atom. The summed E-state index contributed by atoms with van der Waals surface area (Å²) in [7, 11) is 0. The van der Waals surface area contributed by atoms with Crippen molar-refractivity contribution in [1.29, 1.82) is 0 Å². The van der Waals surface area contributed by atoms with Gasteiger partial charge in [0, 0.05) is 23.9 Å². The molecule has 2 aliphatic rings. The van der Waals surface area contributed by atoms with E-state index in [4.69, 9.17) is 0 Å². The maximum absolute atomic E-state index is 3.59. The van der Waals surface area contributed by atoms with E-state index in [2.05, 4.69) is 42.1 Å². The lowest BCUT2D eigenvalue weighted by molar-refractivity contribution is 0.285. The van der Waals surface area contributed by atoms with Gasteiger partial charge in [-0.05, 0) is 44.5 Å². The van der Waals surface area contributed by atoms with E-state index in [-0.39, 0.29) is 0 Å². The zero-order chi connectivity index (χ0) is 13.0. The molecule has 0 amide bonds. The van der Waals surface area contributed by atoms with Crippen LogP contribution in [0.3, 0.4) is 0 Å². The van der Waals surface area contributed by atoms with Crippen molar-refractivity contribution in [2.45, 2.75) is 56.7 Å². The molecule has 0 aromatic heterocycles. The van der Waals surface area contributed by atoms with E-state index >= 15 is 0 Å². The third-order valence-corrected chi connectivity index (χ3v) is 6.05. The van der Waals surface area contributed by atoms with Gasteiger partial charge >= 0.3 is 0 Å². The Hall–Kier alpha value is 0.270. The maximum Gasteiger partial charge on any atom is 0.0284 e. The first kappa shape index (κ1) is 14.7. The van der Waals surface area contributed by atoms with Gasteiger partial charge in [0.2, 0.25) is 0 Å². The van der Waals surface area contributed by atoms with Crippen molar-refractivity contribution >= 4 is 11.8 Å². The van der Waals surface area contributed by atoms with Gasteiger partial charge in [0.25, 0.3) is 0 Å². The van der Waals surface area contributed by atoms with Crippen LogP contribution in [0.1, 0.15) is 46.0 Å². The van der Waals surface area contributed by atoms with Gasteiger partial charge in [0.05, 0.1) is 0 Å². The van der Waals surface area contributed by atoms with Crippen LogP contribution in [0.2, 0.25) is 0 Å². The van der Waals surface area contributed by atoms with E-state index in [0.29, 0.717) is 10.8 Å². The molecule has 1 aliphatic carbocycles. The number of likely N-dealkylation sites (tertiary alicyclic amines) is 1. The first-order chi connectivity index (χ1) is 8.63. The molecule has 1 saturated heterocycles. The Morgan fingerprint density at radius 3 is 2.67 bits per heavy atom. The Balaban J connectivity index is 1.75. The summed E-state index contributed by atoms with van der Waals surface area (Å²) < 4.78 is 0.598. The molecule has 0 bridgehead atoms. The number of thioether (sulfide) groups is 1. The molecule has 1 heterocycles. The third-order valence-electron chi connectivity index (χ3n) is 4.64. The van der Waals surface area contributed by atoms with Crippen molar-refractivity contribution in [3.63, 3.8) is 0 Å². The predicted octanol–water partition coefficient (Wildman–Crippen LogP) is 2.98. The van der Waals surface area contributed by atoms with E-state index in [1.165, 1.54) is 58.3 Å². The minimum atomic E-state index is 0.598. The van der Waals surface area contributed by atoms with Crippen LogP contribution in [0, 0.1) is 5.92 Å². The molecule has 0 aromatic carbocycles. The van der Waals surface area contributed by atoms with Crippen LogP contribution in [0.25, 0.3) is 0 Å². The monoisotopic (exact) mass is 270 g/mol. The van der Waals surface area contributed by atoms with Crippen molar-refractivity contribution in [2.75, 3.05) is 32.4 Å². The molecule has 1 aliphatic heterocycles. The van der Waals surface area contributed by atoms with Crippen molar-refractivity contribution < 1.29 is 0 Å². The highest BCUT2D eigenvalue weighted by molar-refractivity contribution is 8.00. The van der Waals surface area contributed by atoms with Crippen LogP contribution in [0.4, 0.5) is 0 Å². The van der Waals surface area contributed by atoms with Gasteiger partial charge in [0.15, 0.2) is 0 Å². The first-order valence-electron chi connectivity index (χ1n) is 7.64. The number of hydrogen-bond donors (Lipinski definition) is 1. The highest BCUT2D eigenvalue weighted by Gasteiger charge is 2.36. The van der Waals surface area contributed by atoms with E-state index in [1.807, 2.05) is 0 Å². The molecule has 1 N–H and O–H groups in total. The minimum absolute atomic E-state index is 0.598. The second kappa shape index (κ2) is 6.62. The van der Waals surface area contributed by atoms with Gasteiger partial charge < -0.3 is 10.2 Å². The molecule has 3 heteroatoms. The van der Waals surface area contributed by atoms with E-state index in [9.17, 15) is 0 Å². The van der Waals surface area contributed by atoms with Crippen molar-refractivity contribution in [3.05, 3.63) is 0 Å². The molecule has 1 unspecified atom stereocenters. The van der Waals surface area contributed by atoms with Crippen LogP contribution in [0.5, 0.6) is 0 Å². The SMILES string of the molecule is CSC1(CN2CCC(CNC(C)C)C2)CCCC1. The average molecular weight is 270 g/mol. The lowest BCUT2D eigenvalue weighted by Crippen LogP contribution is -2.38. The van der Waals surface area contributed by atoms with Gasteiger partial charge in [-0.3, -0.25) is 0 Å².